The summed E-state index contributed by atoms with van der Waals surface area (Å²) in [6.45, 7) is 3.89. The third kappa shape index (κ3) is 4.84. The Labute approximate surface area is 96.6 Å². The highest BCUT2D eigenvalue weighted by Gasteiger charge is 2.04. The molecule has 0 N–H and O–H groups in total. The van der Waals surface area contributed by atoms with Crippen LogP contribution in [0.5, 0.6) is 0 Å². The van der Waals surface area contributed by atoms with Crippen LogP contribution in [0, 0.1) is 0 Å². The van der Waals surface area contributed by atoms with E-state index in [2.05, 4.69) is 58.6 Å². The van der Waals surface area contributed by atoms with Gasteiger partial charge in [-0.05, 0) is 31.8 Å². The lowest BCUT2D eigenvalue weighted by Crippen LogP contribution is -2.25. The fourth-order valence-corrected chi connectivity index (χ4v) is 1.72. The van der Waals surface area contributed by atoms with Gasteiger partial charge in [0.05, 0.1) is 11.2 Å². The van der Waals surface area contributed by atoms with Gasteiger partial charge in [-0.2, -0.15) is 0 Å². The maximum atomic E-state index is 4.58. The predicted octanol–water partition coefficient (Wildman–Crippen LogP) is 2.61. The molecule has 1 rings (SSSR count). The number of hydrogen-bond acceptors (Lipinski definition) is 3. The highest BCUT2D eigenvalue weighted by atomic mass is 32.1. The minimum atomic E-state index is 0.219. The van der Waals surface area contributed by atoms with E-state index in [1.807, 2.05) is 13.0 Å². The third-order valence-corrected chi connectivity index (χ3v) is 2.25. The molecule has 1 aromatic rings. The molecular weight excluding hydrogens is 204 g/mol. The van der Waals surface area contributed by atoms with Crippen LogP contribution in [-0.2, 0) is 6.54 Å². The summed E-state index contributed by atoms with van der Waals surface area (Å²) in [5.41, 5.74) is 1.32. The molecule has 0 spiro atoms. The molecule has 0 heterocycles. The van der Waals surface area contributed by atoms with Crippen LogP contribution in [0.15, 0.2) is 35.3 Å². The topological polar surface area (TPSA) is 15.6 Å². The number of hydrogen-bond donors (Lipinski definition) is 0. The first kappa shape index (κ1) is 12.1. The Hall–Kier alpha value is -1.02. The van der Waals surface area contributed by atoms with Crippen molar-refractivity contribution in [2.24, 2.45) is 4.99 Å². The zero-order chi connectivity index (χ0) is 11.1. The molecule has 0 aromatic heterocycles. The molecule has 0 saturated heterocycles. The van der Waals surface area contributed by atoms with E-state index in [9.17, 15) is 0 Å². The molecule has 1 atom stereocenters. The summed E-state index contributed by atoms with van der Waals surface area (Å²) in [4.78, 5) is 6.26. The van der Waals surface area contributed by atoms with Gasteiger partial charge >= 0.3 is 0 Å². The highest BCUT2D eigenvalue weighted by molar-refractivity contribution is 7.78. The molecule has 0 fully saturated rings. The van der Waals surface area contributed by atoms with Crippen LogP contribution in [0.1, 0.15) is 12.5 Å². The lowest BCUT2D eigenvalue weighted by molar-refractivity contribution is 0.311. The smallest absolute Gasteiger partial charge is 0.0701 e. The van der Waals surface area contributed by atoms with Crippen LogP contribution < -0.4 is 0 Å². The molecule has 0 aliphatic rings. The lowest BCUT2D eigenvalue weighted by Gasteiger charge is -2.18. The van der Waals surface area contributed by atoms with Crippen molar-refractivity contribution in [2.45, 2.75) is 19.5 Å². The van der Waals surface area contributed by atoms with Crippen LogP contribution in [0.4, 0.5) is 0 Å². The summed E-state index contributed by atoms with van der Waals surface area (Å²) in [5.74, 6) is 0. The molecule has 0 saturated carbocycles. The fourth-order valence-electron chi connectivity index (χ4n) is 1.54. The number of benzene rings is 1. The number of thiocarbonyl (C=S) groups is 1. The largest absolute Gasteiger partial charge is 0.300 e. The van der Waals surface area contributed by atoms with E-state index in [4.69, 9.17) is 0 Å². The van der Waals surface area contributed by atoms with E-state index in [0.717, 1.165) is 13.1 Å². The first-order chi connectivity index (χ1) is 7.22. The van der Waals surface area contributed by atoms with Crippen molar-refractivity contribution in [3.05, 3.63) is 35.9 Å². The molecule has 2 nitrogen and oxygen atoms in total. The maximum absolute atomic E-state index is 4.58. The number of likely N-dealkylation sites (N-methyl/N-ethyl adjacent to an activating group) is 1. The monoisotopic (exact) mass is 220 g/mol. The Balaban J connectivity index is 2.42. The minimum Gasteiger partial charge on any atom is -0.300 e. The molecule has 1 aromatic carbocycles. The molecular formula is C12H16N2S. The Kier molecular flexibility index (Phi) is 5.19. The molecule has 0 amide bonds. The van der Waals surface area contributed by atoms with Crippen molar-refractivity contribution in [2.75, 3.05) is 13.6 Å². The molecule has 15 heavy (non-hydrogen) atoms. The van der Waals surface area contributed by atoms with Crippen LogP contribution in [-0.4, -0.2) is 29.7 Å². The van der Waals surface area contributed by atoms with Crippen molar-refractivity contribution in [3.8, 4) is 0 Å². The summed E-state index contributed by atoms with van der Waals surface area (Å²) >= 11 is 4.58. The average Bonchev–Trinajstić information content (AvgIpc) is 2.19. The fraction of sp³-hybridized carbons (Fsp3) is 0.417. The van der Waals surface area contributed by atoms with Gasteiger partial charge < -0.3 is 0 Å². The minimum absolute atomic E-state index is 0.219. The summed E-state index contributed by atoms with van der Waals surface area (Å²) < 4.78 is 0. The van der Waals surface area contributed by atoms with Gasteiger partial charge in [0, 0.05) is 13.1 Å². The predicted molar refractivity (Wildman–Crippen MR) is 67.3 cm³/mol. The second-order valence-corrected chi connectivity index (χ2v) is 3.93. The standard InChI is InChI=1S/C12H16N2S/c1-11(13-10-15)8-14(2)9-12-6-4-3-5-7-12/h3-7,11H,8-9H2,1-2H3. The van der Waals surface area contributed by atoms with Gasteiger partial charge in [0.1, 0.15) is 0 Å². The molecule has 0 bridgehead atoms. The van der Waals surface area contributed by atoms with E-state index < -0.39 is 0 Å². The first-order valence-electron chi connectivity index (χ1n) is 5.02. The van der Waals surface area contributed by atoms with Crippen LogP contribution in [0.2, 0.25) is 0 Å². The van der Waals surface area contributed by atoms with E-state index in [0.29, 0.717) is 0 Å². The molecule has 3 heteroatoms. The highest BCUT2D eigenvalue weighted by Crippen LogP contribution is 2.03. The van der Waals surface area contributed by atoms with E-state index >= 15 is 0 Å². The van der Waals surface area contributed by atoms with Gasteiger partial charge in [-0.1, -0.05) is 30.3 Å². The Morgan fingerprint density at radius 3 is 2.67 bits per heavy atom. The number of nitrogens with zero attached hydrogens (tertiary/aromatic N) is 2. The molecule has 0 aliphatic carbocycles. The summed E-state index contributed by atoms with van der Waals surface area (Å²) in [5, 5.41) is 2.42. The zero-order valence-corrected chi connectivity index (χ0v) is 10.00. The Bertz CT molecular complexity index is 331. The van der Waals surface area contributed by atoms with Crippen molar-refractivity contribution >= 4 is 17.4 Å². The molecule has 1 unspecified atom stereocenters. The lowest BCUT2D eigenvalue weighted by atomic mass is 10.2. The summed E-state index contributed by atoms with van der Waals surface area (Å²) in [6, 6.07) is 10.6. The van der Waals surface area contributed by atoms with Gasteiger partial charge in [0.15, 0.2) is 0 Å². The van der Waals surface area contributed by atoms with Gasteiger partial charge in [-0.15, -0.1) is 0 Å². The van der Waals surface area contributed by atoms with Crippen molar-refractivity contribution in [3.63, 3.8) is 0 Å². The SMILES string of the molecule is CC(CN(C)Cc1ccccc1)N=C=S. The second kappa shape index (κ2) is 6.46. The summed E-state index contributed by atoms with van der Waals surface area (Å²) in [7, 11) is 2.09. The Morgan fingerprint density at radius 2 is 2.07 bits per heavy atom. The Morgan fingerprint density at radius 1 is 1.40 bits per heavy atom. The van der Waals surface area contributed by atoms with Gasteiger partial charge in [-0.3, -0.25) is 4.90 Å². The second-order valence-electron chi connectivity index (χ2n) is 3.75. The van der Waals surface area contributed by atoms with Crippen LogP contribution >= 0.6 is 12.2 Å². The summed E-state index contributed by atoms with van der Waals surface area (Å²) in [6.07, 6.45) is 0. The maximum Gasteiger partial charge on any atom is 0.0701 e. The van der Waals surface area contributed by atoms with Crippen LogP contribution in [0.3, 0.4) is 0 Å². The van der Waals surface area contributed by atoms with E-state index in [1.54, 1.807) is 0 Å². The number of isothiocyanates is 1. The third-order valence-electron chi connectivity index (χ3n) is 2.14. The zero-order valence-electron chi connectivity index (χ0n) is 9.18. The van der Waals surface area contributed by atoms with Crippen molar-refractivity contribution in [1.82, 2.24) is 4.90 Å². The number of aliphatic imine (C=N–C) groups is 1. The normalized spacial score (nSPS) is 12.2. The van der Waals surface area contributed by atoms with Crippen molar-refractivity contribution < 1.29 is 0 Å². The van der Waals surface area contributed by atoms with Crippen LogP contribution in [0.25, 0.3) is 0 Å². The van der Waals surface area contributed by atoms with Gasteiger partial charge in [0.25, 0.3) is 0 Å². The average molecular weight is 220 g/mol. The van der Waals surface area contributed by atoms with E-state index in [1.165, 1.54) is 5.56 Å². The van der Waals surface area contributed by atoms with Gasteiger partial charge in [0.2, 0.25) is 0 Å². The molecule has 0 radical (unpaired) electrons. The molecule has 80 valence electrons. The first-order valence-corrected chi connectivity index (χ1v) is 5.42. The van der Waals surface area contributed by atoms with Crippen molar-refractivity contribution in [1.29, 1.82) is 0 Å². The quantitative estimate of drug-likeness (QED) is 0.560. The number of rotatable bonds is 5. The van der Waals surface area contributed by atoms with E-state index in [-0.39, 0.29) is 6.04 Å². The van der Waals surface area contributed by atoms with Gasteiger partial charge in [-0.25, -0.2) is 4.99 Å². The molecule has 0 aliphatic heterocycles.